The third-order valence-electron chi connectivity index (χ3n) is 4.92. The lowest BCUT2D eigenvalue weighted by Crippen LogP contribution is -2.17. The van der Waals surface area contributed by atoms with E-state index in [1.807, 2.05) is 30.3 Å². The minimum atomic E-state index is -1.55. The van der Waals surface area contributed by atoms with Crippen molar-refractivity contribution >= 4 is 27.8 Å². The predicted molar refractivity (Wildman–Crippen MR) is 111 cm³/mol. The molecule has 146 valence electrons. The van der Waals surface area contributed by atoms with E-state index in [1.165, 1.54) is 6.20 Å². The molecule has 0 aliphatic rings. The standard InChI is InChI=1S/C23H19NO5/c25-11-10-24-14-21(29-23(27)28)22(26)19-13-15(8-9-20(19)24)12-17-6-3-5-16-4-1-2-7-18(16)17/h1-9,13-14,25H,10-12H2,(H,27,28). The third-order valence-corrected chi connectivity index (χ3v) is 4.92. The molecule has 29 heavy (non-hydrogen) atoms. The van der Waals surface area contributed by atoms with E-state index in [2.05, 4.69) is 29.0 Å². The lowest BCUT2D eigenvalue weighted by Gasteiger charge is -2.13. The summed E-state index contributed by atoms with van der Waals surface area (Å²) in [4.78, 5) is 23.7. The molecule has 0 bridgehead atoms. The SMILES string of the molecule is O=C(O)Oc1cn(CCO)c2ccc(Cc3cccc4ccccc34)cc2c1=O. The Balaban J connectivity index is 1.83. The van der Waals surface area contributed by atoms with E-state index >= 15 is 0 Å². The Morgan fingerprint density at radius 3 is 2.59 bits per heavy atom. The molecule has 6 heteroatoms. The molecule has 0 aliphatic heterocycles. The van der Waals surface area contributed by atoms with Gasteiger partial charge >= 0.3 is 6.16 Å². The molecular weight excluding hydrogens is 370 g/mol. The van der Waals surface area contributed by atoms with Crippen molar-refractivity contribution in [1.82, 2.24) is 4.57 Å². The fraction of sp³-hybridized carbons (Fsp3) is 0.130. The molecule has 6 nitrogen and oxygen atoms in total. The first-order chi connectivity index (χ1) is 14.1. The highest BCUT2D eigenvalue weighted by atomic mass is 16.7. The van der Waals surface area contributed by atoms with Crippen LogP contribution in [0.15, 0.2) is 71.7 Å². The molecule has 4 rings (SSSR count). The molecule has 3 aromatic carbocycles. The summed E-state index contributed by atoms with van der Waals surface area (Å²) >= 11 is 0. The fourth-order valence-electron chi connectivity index (χ4n) is 3.65. The molecule has 0 fully saturated rings. The van der Waals surface area contributed by atoms with Crippen LogP contribution in [0.25, 0.3) is 21.7 Å². The van der Waals surface area contributed by atoms with Crippen LogP contribution in [0.2, 0.25) is 0 Å². The van der Waals surface area contributed by atoms with Crippen molar-refractivity contribution in [3.05, 3.63) is 88.2 Å². The molecule has 4 aromatic rings. The second-order valence-electron chi connectivity index (χ2n) is 6.77. The van der Waals surface area contributed by atoms with Gasteiger partial charge in [-0.15, -0.1) is 0 Å². The van der Waals surface area contributed by atoms with Crippen LogP contribution in [0.1, 0.15) is 11.1 Å². The zero-order chi connectivity index (χ0) is 20.4. The van der Waals surface area contributed by atoms with Crippen molar-refractivity contribution in [3.8, 4) is 5.75 Å². The highest BCUT2D eigenvalue weighted by molar-refractivity contribution is 5.86. The van der Waals surface area contributed by atoms with E-state index in [-0.39, 0.29) is 18.9 Å². The number of hydrogen-bond acceptors (Lipinski definition) is 4. The van der Waals surface area contributed by atoms with E-state index < -0.39 is 11.6 Å². The van der Waals surface area contributed by atoms with Crippen LogP contribution in [0.3, 0.4) is 0 Å². The molecule has 0 unspecified atom stereocenters. The molecule has 0 spiro atoms. The third kappa shape index (κ3) is 3.70. The van der Waals surface area contributed by atoms with Crippen LogP contribution in [0.5, 0.6) is 5.75 Å². The maximum absolute atomic E-state index is 12.8. The highest BCUT2D eigenvalue weighted by Crippen LogP contribution is 2.23. The van der Waals surface area contributed by atoms with Crippen LogP contribution in [-0.4, -0.2) is 27.5 Å². The second kappa shape index (κ2) is 7.77. The zero-order valence-electron chi connectivity index (χ0n) is 15.5. The summed E-state index contributed by atoms with van der Waals surface area (Å²) in [6.07, 6.45) is 0.393. The molecule has 0 amide bonds. The molecular formula is C23H19NO5. The molecule has 2 N–H and O–H groups in total. The van der Waals surface area contributed by atoms with E-state index in [1.54, 1.807) is 10.6 Å². The maximum atomic E-state index is 12.8. The van der Waals surface area contributed by atoms with Crippen molar-refractivity contribution in [3.63, 3.8) is 0 Å². The van der Waals surface area contributed by atoms with Gasteiger partial charge < -0.3 is 19.5 Å². The van der Waals surface area contributed by atoms with Gasteiger partial charge in [-0.1, -0.05) is 48.5 Å². The zero-order valence-corrected chi connectivity index (χ0v) is 15.5. The quantitative estimate of drug-likeness (QED) is 0.507. The number of carbonyl (C=O) groups is 1. The van der Waals surface area contributed by atoms with Crippen LogP contribution in [0, 0.1) is 0 Å². The molecule has 1 aromatic heterocycles. The first-order valence-electron chi connectivity index (χ1n) is 9.21. The number of aliphatic hydroxyl groups excluding tert-OH is 1. The van der Waals surface area contributed by atoms with E-state index in [0.29, 0.717) is 17.3 Å². The number of benzene rings is 3. The van der Waals surface area contributed by atoms with Crippen molar-refractivity contribution in [1.29, 1.82) is 0 Å². The number of ether oxygens (including phenoxy) is 1. The highest BCUT2D eigenvalue weighted by Gasteiger charge is 2.14. The van der Waals surface area contributed by atoms with Gasteiger partial charge in [-0.05, 0) is 40.5 Å². The largest absolute Gasteiger partial charge is 0.511 e. The second-order valence-corrected chi connectivity index (χ2v) is 6.77. The summed E-state index contributed by atoms with van der Waals surface area (Å²) in [5, 5.41) is 20.9. The van der Waals surface area contributed by atoms with Gasteiger partial charge in [0.05, 0.1) is 18.3 Å². The van der Waals surface area contributed by atoms with Gasteiger partial charge in [0.25, 0.3) is 0 Å². The smallest absolute Gasteiger partial charge is 0.449 e. The normalized spacial score (nSPS) is 11.1. The van der Waals surface area contributed by atoms with E-state index in [9.17, 15) is 14.7 Å². The molecule has 1 heterocycles. The Kier molecular flexibility index (Phi) is 5.01. The number of hydrogen-bond donors (Lipinski definition) is 2. The van der Waals surface area contributed by atoms with Gasteiger partial charge in [0, 0.05) is 11.9 Å². The first-order valence-corrected chi connectivity index (χ1v) is 9.21. The monoisotopic (exact) mass is 389 g/mol. The van der Waals surface area contributed by atoms with E-state index in [0.717, 1.165) is 21.9 Å². The number of rotatable bonds is 5. The van der Waals surface area contributed by atoms with Crippen LogP contribution in [-0.2, 0) is 13.0 Å². The number of aliphatic hydroxyl groups is 1. The summed E-state index contributed by atoms with van der Waals surface area (Å²) in [5.41, 5.74) is 2.19. The van der Waals surface area contributed by atoms with Gasteiger partial charge in [0.2, 0.25) is 5.43 Å². The summed E-state index contributed by atoms with van der Waals surface area (Å²) in [6.45, 7) is 0.0671. The average Bonchev–Trinajstić information content (AvgIpc) is 2.71. The minimum absolute atomic E-state index is 0.151. The van der Waals surface area contributed by atoms with E-state index in [4.69, 9.17) is 5.11 Å². The lowest BCUT2D eigenvalue weighted by molar-refractivity contribution is 0.143. The molecule has 0 radical (unpaired) electrons. The van der Waals surface area contributed by atoms with Crippen LogP contribution >= 0.6 is 0 Å². The van der Waals surface area contributed by atoms with Crippen molar-refractivity contribution in [2.75, 3.05) is 6.61 Å². The number of fused-ring (bicyclic) bond motifs is 2. The number of aromatic nitrogens is 1. The molecule has 0 saturated heterocycles. The lowest BCUT2D eigenvalue weighted by atomic mass is 9.97. The maximum Gasteiger partial charge on any atom is 0.511 e. The summed E-state index contributed by atoms with van der Waals surface area (Å²) < 4.78 is 6.28. The summed E-state index contributed by atoms with van der Waals surface area (Å²) in [5.74, 6) is -0.277. The first kappa shape index (κ1) is 18.7. The van der Waals surface area contributed by atoms with Gasteiger partial charge in [0.15, 0.2) is 5.75 Å². The Bertz CT molecular complexity index is 1270. The predicted octanol–water partition coefficient (Wildman–Crippen LogP) is 3.79. The Hall–Kier alpha value is -3.64. The summed E-state index contributed by atoms with van der Waals surface area (Å²) in [6, 6.07) is 19.8. The molecule has 0 saturated carbocycles. The van der Waals surface area contributed by atoms with Gasteiger partial charge in [-0.2, -0.15) is 0 Å². The Morgan fingerprint density at radius 1 is 1.00 bits per heavy atom. The Morgan fingerprint density at radius 2 is 1.79 bits per heavy atom. The topological polar surface area (TPSA) is 88.8 Å². The summed E-state index contributed by atoms with van der Waals surface area (Å²) in [7, 11) is 0. The molecule has 0 aliphatic carbocycles. The van der Waals surface area contributed by atoms with Crippen LogP contribution < -0.4 is 10.2 Å². The van der Waals surface area contributed by atoms with Crippen molar-refractivity contribution < 1.29 is 19.7 Å². The minimum Gasteiger partial charge on any atom is -0.449 e. The van der Waals surface area contributed by atoms with Gasteiger partial charge in [-0.25, -0.2) is 4.79 Å². The van der Waals surface area contributed by atoms with Crippen molar-refractivity contribution in [2.45, 2.75) is 13.0 Å². The van der Waals surface area contributed by atoms with Gasteiger partial charge in [-0.3, -0.25) is 4.79 Å². The number of carboxylic acid groups (broad SMARTS) is 1. The number of pyridine rings is 1. The van der Waals surface area contributed by atoms with Crippen LogP contribution in [0.4, 0.5) is 4.79 Å². The fourth-order valence-corrected chi connectivity index (χ4v) is 3.65. The average molecular weight is 389 g/mol. The Labute approximate surface area is 166 Å². The number of nitrogens with zero attached hydrogens (tertiary/aromatic N) is 1. The van der Waals surface area contributed by atoms with Gasteiger partial charge in [0.1, 0.15) is 0 Å². The van der Waals surface area contributed by atoms with Crippen molar-refractivity contribution in [2.24, 2.45) is 0 Å². The molecule has 0 atom stereocenters.